The standard InChI is InChI=1S/C14H24O4/c1-4-16-14(15)12(3)7-5-6-11(2)10-13-17-8-9-18-13/h7,11,13H,4-6,8-10H2,1-3H3/b12-7+/t11-/m1/s1. The predicted octanol–water partition coefficient (Wildman–Crippen LogP) is 2.68. The van der Waals surface area contributed by atoms with Crippen LogP contribution in [0.4, 0.5) is 0 Å². The summed E-state index contributed by atoms with van der Waals surface area (Å²) in [5, 5.41) is 0. The van der Waals surface area contributed by atoms with Gasteiger partial charge in [-0.3, -0.25) is 0 Å². The number of rotatable bonds is 7. The molecule has 4 heteroatoms. The van der Waals surface area contributed by atoms with Gasteiger partial charge in [0.05, 0.1) is 19.8 Å². The maximum atomic E-state index is 11.4. The van der Waals surface area contributed by atoms with Crippen LogP contribution >= 0.6 is 0 Å². The van der Waals surface area contributed by atoms with Crippen LogP contribution in [0, 0.1) is 5.92 Å². The molecule has 0 bridgehead atoms. The van der Waals surface area contributed by atoms with Gasteiger partial charge in [-0.1, -0.05) is 13.0 Å². The SMILES string of the molecule is CCOC(=O)/C(C)=C/CC[C@@H](C)CC1OCCO1. The van der Waals surface area contributed by atoms with E-state index in [-0.39, 0.29) is 12.3 Å². The molecule has 0 radical (unpaired) electrons. The van der Waals surface area contributed by atoms with Gasteiger partial charge < -0.3 is 14.2 Å². The van der Waals surface area contributed by atoms with Crippen molar-refractivity contribution in [3.63, 3.8) is 0 Å². The van der Waals surface area contributed by atoms with Gasteiger partial charge in [0.15, 0.2) is 6.29 Å². The van der Waals surface area contributed by atoms with Crippen LogP contribution in [0.1, 0.15) is 40.0 Å². The van der Waals surface area contributed by atoms with Crippen molar-refractivity contribution < 1.29 is 19.0 Å². The van der Waals surface area contributed by atoms with Crippen LogP contribution in [0.5, 0.6) is 0 Å². The van der Waals surface area contributed by atoms with E-state index >= 15 is 0 Å². The molecular weight excluding hydrogens is 232 g/mol. The number of carbonyl (C=O) groups is 1. The summed E-state index contributed by atoms with van der Waals surface area (Å²) >= 11 is 0. The Hall–Kier alpha value is -0.870. The minimum Gasteiger partial charge on any atom is -0.463 e. The Morgan fingerprint density at radius 2 is 2.11 bits per heavy atom. The van der Waals surface area contributed by atoms with Crippen molar-refractivity contribution >= 4 is 5.97 Å². The highest BCUT2D eigenvalue weighted by molar-refractivity contribution is 5.87. The van der Waals surface area contributed by atoms with Crippen molar-refractivity contribution in [3.8, 4) is 0 Å². The number of esters is 1. The van der Waals surface area contributed by atoms with Gasteiger partial charge >= 0.3 is 5.97 Å². The minimum atomic E-state index is -0.215. The van der Waals surface area contributed by atoms with E-state index in [1.165, 1.54) is 0 Å². The molecule has 0 spiro atoms. The fourth-order valence-corrected chi connectivity index (χ4v) is 1.90. The number of hydrogen-bond acceptors (Lipinski definition) is 4. The van der Waals surface area contributed by atoms with Crippen LogP contribution in [0.2, 0.25) is 0 Å². The number of hydrogen-bond donors (Lipinski definition) is 0. The molecule has 1 heterocycles. The maximum Gasteiger partial charge on any atom is 0.333 e. The Balaban J connectivity index is 2.18. The van der Waals surface area contributed by atoms with Gasteiger partial charge in [-0.2, -0.15) is 0 Å². The third-order valence-corrected chi connectivity index (χ3v) is 2.99. The second-order valence-electron chi connectivity index (χ2n) is 4.70. The van der Waals surface area contributed by atoms with Crippen molar-refractivity contribution in [2.45, 2.75) is 46.3 Å². The van der Waals surface area contributed by atoms with E-state index in [0.29, 0.717) is 31.3 Å². The molecular formula is C14H24O4. The molecule has 0 aromatic heterocycles. The molecule has 0 aromatic carbocycles. The second kappa shape index (κ2) is 8.27. The molecule has 0 saturated carbocycles. The van der Waals surface area contributed by atoms with Crippen LogP contribution in [0.15, 0.2) is 11.6 Å². The summed E-state index contributed by atoms with van der Waals surface area (Å²) in [4.78, 5) is 11.4. The zero-order chi connectivity index (χ0) is 13.4. The first-order chi connectivity index (χ1) is 8.63. The van der Waals surface area contributed by atoms with Crippen LogP contribution < -0.4 is 0 Å². The van der Waals surface area contributed by atoms with Gasteiger partial charge in [-0.15, -0.1) is 0 Å². The zero-order valence-corrected chi connectivity index (χ0v) is 11.6. The van der Waals surface area contributed by atoms with Gasteiger partial charge in [0, 0.05) is 12.0 Å². The molecule has 0 N–H and O–H groups in total. The molecule has 104 valence electrons. The van der Waals surface area contributed by atoms with Crippen LogP contribution in [0.3, 0.4) is 0 Å². The largest absolute Gasteiger partial charge is 0.463 e. The van der Waals surface area contributed by atoms with Crippen LogP contribution in [-0.2, 0) is 19.0 Å². The molecule has 1 saturated heterocycles. The molecule has 0 amide bonds. The van der Waals surface area contributed by atoms with Crippen molar-refractivity contribution in [3.05, 3.63) is 11.6 Å². The molecule has 1 rings (SSSR count). The van der Waals surface area contributed by atoms with Gasteiger partial charge in [-0.05, 0) is 32.6 Å². The second-order valence-corrected chi connectivity index (χ2v) is 4.70. The Labute approximate surface area is 109 Å². The lowest BCUT2D eigenvalue weighted by Gasteiger charge is -2.14. The monoisotopic (exact) mass is 256 g/mol. The highest BCUT2D eigenvalue weighted by atomic mass is 16.7. The van der Waals surface area contributed by atoms with Crippen LogP contribution in [0.25, 0.3) is 0 Å². The number of carbonyl (C=O) groups excluding carboxylic acids is 1. The van der Waals surface area contributed by atoms with E-state index in [1.807, 2.05) is 13.0 Å². The van der Waals surface area contributed by atoms with Crippen LogP contribution in [-0.4, -0.2) is 32.1 Å². The summed E-state index contributed by atoms with van der Waals surface area (Å²) in [6.45, 7) is 7.63. The quantitative estimate of drug-likeness (QED) is 0.519. The molecule has 1 aliphatic rings. The first-order valence-corrected chi connectivity index (χ1v) is 6.70. The Bertz CT molecular complexity index is 280. The van der Waals surface area contributed by atoms with E-state index in [9.17, 15) is 4.79 Å². The fraction of sp³-hybridized carbons (Fsp3) is 0.786. The average Bonchev–Trinajstić information content (AvgIpc) is 2.81. The van der Waals surface area contributed by atoms with Gasteiger partial charge in [0.25, 0.3) is 0 Å². The molecule has 4 nitrogen and oxygen atoms in total. The Kier molecular flexibility index (Phi) is 6.98. The van der Waals surface area contributed by atoms with Gasteiger partial charge in [-0.25, -0.2) is 4.79 Å². The first-order valence-electron chi connectivity index (χ1n) is 6.70. The molecule has 1 atom stereocenters. The van der Waals surface area contributed by atoms with Crippen molar-refractivity contribution in [2.24, 2.45) is 5.92 Å². The smallest absolute Gasteiger partial charge is 0.333 e. The Morgan fingerprint density at radius 3 is 2.72 bits per heavy atom. The van der Waals surface area contributed by atoms with E-state index in [2.05, 4.69) is 6.92 Å². The average molecular weight is 256 g/mol. The lowest BCUT2D eigenvalue weighted by atomic mass is 10.0. The number of ether oxygens (including phenoxy) is 3. The lowest BCUT2D eigenvalue weighted by molar-refractivity contribution is -0.138. The summed E-state index contributed by atoms with van der Waals surface area (Å²) < 4.78 is 15.7. The van der Waals surface area contributed by atoms with Gasteiger partial charge in [0.1, 0.15) is 0 Å². The third kappa shape index (κ3) is 5.65. The van der Waals surface area contributed by atoms with E-state index in [0.717, 1.165) is 19.3 Å². The highest BCUT2D eigenvalue weighted by Crippen LogP contribution is 2.19. The molecule has 1 aliphatic heterocycles. The molecule has 0 aromatic rings. The topological polar surface area (TPSA) is 44.8 Å². The molecule has 1 fully saturated rings. The summed E-state index contributed by atoms with van der Waals surface area (Å²) in [5.74, 6) is 0.312. The maximum absolute atomic E-state index is 11.4. The predicted molar refractivity (Wildman–Crippen MR) is 69.1 cm³/mol. The normalized spacial score (nSPS) is 18.9. The first kappa shape index (κ1) is 15.2. The van der Waals surface area contributed by atoms with Crippen molar-refractivity contribution in [1.29, 1.82) is 0 Å². The lowest BCUT2D eigenvalue weighted by Crippen LogP contribution is -2.12. The zero-order valence-electron chi connectivity index (χ0n) is 11.6. The summed E-state index contributed by atoms with van der Waals surface area (Å²) in [5.41, 5.74) is 0.692. The van der Waals surface area contributed by atoms with Crippen molar-refractivity contribution in [1.82, 2.24) is 0 Å². The minimum absolute atomic E-state index is 0.0323. The summed E-state index contributed by atoms with van der Waals surface area (Å²) in [7, 11) is 0. The highest BCUT2D eigenvalue weighted by Gasteiger charge is 2.18. The molecule has 18 heavy (non-hydrogen) atoms. The van der Waals surface area contributed by atoms with Crippen molar-refractivity contribution in [2.75, 3.05) is 19.8 Å². The summed E-state index contributed by atoms with van der Waals surface area (Å²) in [6.07, 6.45) is 4.76. The summed E-state index contributed by atoms with van der Waals surface area (Å²) in [6, 6.07) is 0. The van der Waals surface area contributed by atoms with Gasteiger partial charge in [0.2, 0.25) is 0 Å². The van der Waals surface area contributed by atoms with E-state index in [4.69, 9.17) is 14.2 Å². The molecule has 0 aliphatic carbocycles. The molecule has 0 unspecified atom stereocenters. The third-order valence-electron chi connectivity index (χ3n) is 2.99. The van der Waals surface area contributed by atoms with E-state index in [1.54, 1.807) is 6.92 Å². The van der Waals surface area contributed by atoms with E-state index < -0.39 is 0 Å². The Morgan fingerprint density at radius 1 is 1.44 bits per heavy atom. The number of allylic oxidation sites excluding steroid dienone is 1. The fourth-order valence-electron chi connectivity index (χ4n) is 1.90.